The fraction of sp³-hybridized carbons (Fsp3) is 0.900. The Kier molecular flexibility index (Phi) is 4.73. The molecular weight excluding hydrogens is 212 g/mol. The minimum atomic E-state index is 0.250. The van der Waals surface area contributed by atoms with Crippen molar-refractivity contribution in [2.75, 3.05) is 18.1 Å². The number of rotatable bonds is 7. The van der Waals surface area contributed by atoms with Gasteiger partial charge in [-0.1, -0.05) is 12.1 Å². The van der Waals surface area contributed by atoms with Gasteiger partial charge in [0.1, 0.15) is 5.84 Å². The molecule has 0 aromatic heterocycles. The summed E-state index contributed by atoms with van der Waals surface area (Å²) >= 11 is 1.86. The first kappa shape index (κ1) is 12.6. The molecule has 0 bridgehead atoms. The zero-order chi connectivity index (χ0) is 11.3. The van der Waals surface area contributed by atoms with Crippen molar-refractivity contribution in [3.05, 3.63) is 0 Å². The predicted molar refractivity (Wildman–Crippen MR) is 63.3 cm³/mol. The standard InChI is InChI=1S/C10H20N2O2S/c1-8(5-13)6-15-7-10(2-3-10)4-9(11)12-14/h8,13-14H,2-7H2,1H3,(H2,11,12). The summed E-state index contributed by atoms with van der Waals surface area (Å²) in [5.74, 6) is 2.72. The number of oxime groups is 1. The van der Waals surface area contributed by atoms with Crippen LogP contribution in [0, 0.1) is 11.3 Å². The van der Waals surface area contributed by atoms with E-state index in [9.17, 15) is 0 Å². The van der Waals surface area contributed by atoms with Crippen molar-refractivity contribution >= 4 is 17.6 Å². The van der Waals surface area contributed by atoms with E-state index in [-0.39, 0.29) is 12.0 Å². The Hall–Kier alpha value is -0.420. The van der Waals surface area contributed by atoms with Crippen LogP contribution in [0.4, 0.5) is 0 Å². The van der Waals surface area contributed by atoms with E-state index in [1.165, 1.54) is 12.8 Å². The summed E-state index contributed by atoms with van der Waals surface area (Å²) in [6.45, 7) is 2.29. The molecule has 0 aromatic carbocycles. The molecule has 0 amide bonds. The van der Waals surface area contributed by atoms with Gasteiger partial charge in [0.05, 0.1) is 0 Å². The SMILES string of the molecule is CC(CO)CSCC1(CC(N)=NO)CC1. The zero-order valence-electron chi connectivity index (χ0n) is 9.15. The van der Waals surface area contributed by atoms with Crippen molar-refractivity contribution in [2.45, 2.75) is 26.2 Å². The third-order valence-corrected chi connectivity index (χ3v) is 4.39. The van der Waals surface area contributed by atoms with Crippen LogP contribution >= 0.6 is 11.8 Å². The third-order valence-electron chi connectivity index (χ3n) is 2.76. The highest BCUT2D eigenvalue weighted by molar-refractivity contribution is 7.99. The van der Waals surface area contributed by atoms with Crippen LogP contribution in [0.3, 0.4) is 0 Å². The van der Waals surface area contributed by atoms with Gasteiger partial charge >= 0.3 is 0 Å². The molecule has 0 heterocycles. The molecule has 1 aliphatic rings. The van der Waals surface area contributed by atoms with E-state index < -0.39 is 0 Å². The summed E-state index contributed by atoms with van der Waals surface area (Å²) in [4.78, 5) is 0. The molecule has 1 fully saturated rings. The van der Waals surface area contributed by atoms with Gasteiger partial charge in [-0.2, -0.15) is 11.8 Å². The van der Waals surface area contributed by atoms with Gasteiger partial charge in [-0.05, 0) is 35.7 Å². The molecular formula is C10H20N2O2S. The van der Waals surface area contributed by atoms with Gasteiger partial charge < -0.3 is 16.0 Å². The average Bonchev–Trinajstić information content (AvgIpc) is 2.97. The van der Waals surface area contributed by atoms with Crippen LogP contribution in [-0.4, -0.2) is 34.3 Å². The summed E-state index contributed by atoms with van der Waals surface area (Å²) in [5.41, 5.74) is 5.78. The van der Waals surface area contributed by atoms with Gasteiger partial charge in [-0.3, -0.25) is 0 Å². The van der Waals surface area contributed by atoms with Gasteiger partial charge in [0.2, 0.25) is 0 Å². The maximum Gasteiger partial charge on any atom is 0.139 e. The number of amidine groups is 1. The number of thioether (sulfide) groups is 1. The number of nitrogens with two attached hydrogens (primary N) is 1. The molecule has 1 atom stereocenters. The minimum Gasteiger partial charge on any atom is -0.409 e. The molecule has 88 valence electrons. The highest BCUT2D eigenvalue weighted by atomic mass is 32.2. The number of nitrogens with zero attached hydrogens (tertiary/aromatic N) is 1. The Morgan fingerprint density at radius 2 is 2.27 bits per heavy atom. The number of hydrogen-bond acceptors (Lipinski definition) is 4. The lowest BCUT2D eigenvalue weighted by Crippen LogP contribution is -2.20. The van der Waals surface area contributed by atoms with Crippen molar-refractivity contribution in [1.82, 2.24) is 0 Å². The van der Waals surface area contributed by atoms with E-state index in [1.807, 2.05) is 18.7 Å². The molecule has 1 aliphatic carbocycles. The molecule has 4 N–H and O–H groups in total. The normalized spacial score (nSPS) is 21.3. The lowest BCUT2D eigenvalue weighted by atomic mass is 10.1. The summed E-state index contributed by atoms with van der Waals surface area (Å²) in [5, 5.41) is 20.4. The van der Waals surface area contributed by atoms with Crippen LogP contribution in [0.5, 0.6) is 0 Å². The van der Waals surface area contributed by atoms with Crippen molar-refractivity contribution in [3.63, 3.8) is 0 Å². The van der Waals surface area contributed by atoms with Crippen LogP contribution in [0.2, 0.25) is 0 Å². The van der Waals surface area contributed by atoms with Gasteiger partial charge in [-0.15, -0.1) is 0 Å². The molecule has 0 saturated heterocycles. The third kappa shape index (κ3) is 4.30. The smallest absolute Gasteiger partial charge is 0.139 e. The van der Waals surface area contributed by atoms with Gasteiger partial charge in [0.15, 0.2) is 0 Å². The zero-order valence-corrected chi connectivity index (χ0v) is 9.96. The predicted octanol–water partition coefficient (Wildman–Crippen LogP) is 1.26. The highest BCUT2D eigenvalue weighted by Gasteiger charge is 2.43. The molecule has 1 unspecified atom stereocenters. The van der Waals surface area contributed by atoms with E-state index >= 15 is 0 Å². The van der Waals surface area contributed by atoms with Crippen molar-refractivity contribution in [1.29, 1.82) is 0 Å². The Labute approximate surface area is 94.9 Å². The molecule has 0 radical (unpaired) electrons. The largest absolute Gasteiger partial charge is 0.409 e. The molecule has 15 heavy (non-hydrogen) atoms. The van der Waals surface area contributed by atoms with E-state index in [0.717, 1.165) is 11.5 Å². The molecule has 1 rings (SSSR count). The first-order valence-electron chi connectivity index (χ1n) is 5.27. The van der Waals surface area contributed by atoms with E-state index in [2.05, 4.69) is 5.16 Å². The van der Waals surface area contributed by atoms with Crippen LogP contribution in [0.15, 0.2) is 5.16 Å². The molecule has 0 aromatic rings. The lowest BCUT2D eigenvalue weighted by Gasteiger charge is -2.14. The highest BCUT2D eigenvalue weighted by Crippen LogP contribution is 2.51. The first-order valence-corrected chi connectivity index (χ1v) is 6.42. The minimum absolute atomic E-state index is 0.250. The van der Waals surface area contributed by atoms with Gasteiger partial charge in [-0.25, -0.2) is 0 Å². The number of aliphatic hydroxyl groups is 1. The summed E-state index contributed by atoms with van der Waals surface area (Å²) in [7, 11) is 0. The number of hydrogen-bond donors (Lipinski definition) is 3. The molecule has 5 heteroatoms. The van der Waals surface area contributed by atoms with Crippen molar-refractivity contribution in [2.24, 2.45) is 22.2 Å². The second-order valence-electron chi connectivity index (χ2n) is 4.57. The topological polar surface area (TPSA) is 78.8 Å². The molecule has 4 nitrogen and oxygen atoms in total. The fourth-order valence-corrected chi connectivity index (χ4v) is 2.95. The average molecular weight is 232 g/mol. The summed E-state index contributed by atoms with van der Waals surface area (Å²) < 4.78 is 0. The van der Waals surface area contributed by atoms with Crippen molar-refractivity contribution < 1.29 is 10.3 Å². The van der Waals surface area contributed by atoms with Crippen molar-refractivity contribution in [3.8, 4) is 0 Å². The van der Waals surface area contributed by atoms with Crippen LogP contribution in [0.25, 0.3) is 0 Å². The van der Waals surface area contributed by atoms with Gasteiger partial charge in [0, 0.05) is 13.0 Å². The van der Waals surface area contributed by atoms with Crippen LogP contribution in [0.1, 0.15) is 26.2 Å². The Morgan fingerprint density at radius 1 is 1.60 bits per heavy atom. The van der Waals surface area contributed by atoms with E-state index in [0.29, 0.717) is 18.2 Å². The van der Waals surface area contributed by atoms with Gasteiger partial charge in [0.25, 0.3) is 0 Å². The second kappa shape index (κ2) is 5.61. The van der Waals surface area contributed by atoms with E-state index in [1.54, 1.807) is 0 Å². The Balaban J connectivity index is 2.20. The van der Waals surface area contributed by atoms with Crippen LogP contribution in [-0.2, 0) is 0 Å². The Bertz CT molecular complexity index is 229. The fourth-order valence-electron chi connectivity index (χ4n) is 1.50. The van der Waals surface area contributed by atoms with Crippen LogP contribution < -0.4 is 5.73 Å². The number of aliphatic hydroxyl groups excluding tert-OH is 1. The summed E-state index contributed by atoms with van der Waals surface area (Å²) in [6.07, 6.45) is 3.04. The van der Waals surface area contributed by atoms with E-state index in [4.69, 9.17) is 16.0 Å². The second-order valence-corrected chi connectivity index (χ2v) is 5.60. The monoisotopic (exact) mass is 232 g/mol. The molecule has 0 aliphatic heterocycles. The maximum absolute atomic E-state index is 8.88. The quantitative estimate of drug-likeness (QED) is 0.267. The molecule has 0 spiro atoms. The maximum atomic E-state index is 8.88. The Morgan fingerprint density at radius 3 is 2.73 bits per heavy atom. The first-order chi connectivity index (χ1) is 7.12. The lowest BCUT2D eigenvalue weighted by molar-refractivity contribution is 0.250. The molecule has 1 saturated carbocycles. The summed E-state index contributed by atoms with van der Waals surface area (Å²) in [6, 6.07) is 0.